The lowest BCUT2D eigenvalue weighted by molar-refractivity contribution is 0.0590. The largest absolute Gasteiger partial charge is 0.492 e. The van der Waals surface area contributed by atoms with Crippen molar-refractivity contribution in [3.8, 4) is 35.2 Å². The van der Waals surface area contributed by atoms with Gasteiger partial charge in [-0.3, -0.25) is 0 Å². The summed E-state index contributed by atoms with van der Waals surface area (Å²) in [6, 6.07) is 17.7. The zero-order valence-electron chi connectivity index (χ0n) is 24.2. The number of carbonyl (C=O) groups excluding carboxylic acids is 1. The maximum atomic E-state index is 12.7. The van der Waals surface area contributed by atoms with Crippen LogP contribution in [0.15, 0.2) is 54.6 Å². The number of esters is 1. The highest BCUT2D eigenvalue weighted by molar-refractivity contribution is 6.02. The second kappa shape index (κ2) is 11.8. The summed E-state index contributed by atoms with van der Waals surface area (Å²) in [6.45, 7) is 0. The van der Waals surface area contributed by atoms with E-state index in [9.17, 15) is 4.79 Å². The summed E-state index contributed by atoms with van der Waals surface area (Å²) >= 11 is 0. The second-order valence-corrected chi connectivity index (χ2v) is 9.54. The Kier molecular flexibility index (Phi) is 8.26. The van der Waals surface area contributed by atoms with E-state index in [1.165, 1.54) is 7.11 Å². The van der Waals surface area contributed by atoms with Crippen molar-refractivity contribution in [1.29, 1.82) is 0 Å². The van der Waals surface area contributed by atoms with Crippen molar-refractivity contribution >= 4 is 28.2 Å². The number of carbonyl (C=O) groups is 1. The number of aryl methyl sites for hydroxylation is 1. The molecule has 0 saturated carbocycles. The standard InChI is InChI=1S/C33H33N3O4/c1-34(2)24-15-9-22(10-16-24)13-19-26-28-21-29(33(37)40-8)36(5)30(28)27(32(39-7)31(26)38-6)20-14-23-11-17-25(18-12-23)35(3)4/h9-12,15-18,21H,1-8H3. The second-order valence-electron chi connectivity index (χ2n) is 9.54. The summed E-state index contributed by atoms with van der Waals surface area (Å²) in [5.41, 5.74) is 6.09. The van der Waals surface area contributed by atoms with E-state index in [4.69, 9.17) is 14.2 Å². The van der Waals surface area contributed by atoms with Crippen LogP contribution in [-0.2, 0) is 11.8 Å². The number of benzene rings is 3. The molecule has 1 heterocycles. The summed E-state index contributed by atoms with van der Waals surface area (Å²) < 4.78 is 18.5. The molecule has 0 bridgehead atoms. The number of aromatic nitrogens is 1. The minimum Gasteiger partial charge on any atom is -0.492 e. The highest BCUT2D eigenvalue weighted by atomic mass is 16.5. The lowest BCUT2D eigenvalue weighted by Crippen LogP contribution is -2.08. The molecule has 0 saturated heterocycles. The normalized spacial score (nSPS) is 10.2. The third-order valence-corrected chi connectivity index (χ3v) is 6.63. The van der Waals surface area contributed by atoms with Gasteiger partial charge in [0.15, 0.2) is 11.5 Å². The van der Waals surface area contributed by atoms with Crippen LogP contribution in [0.1, 0.15) is 32.7 Å². The molecule has 0 fully saturated rings. The average molecular weight is 536 g/mol. The van der Waals surface area contributed by atoms with Gasteiger partial charge < -0.3 is 28.6 Å². The number of rotatable bonds is 5. The van der Waals surface area contributed by atoms with Gasteiger partial charge in [-0.25, -0.2) is 4.79 Å². The van der Waals surface area contributed by atoms with Gasteiger partial charge in [-0.15, -0.1) is 0 Å². The van der Waals surface area contributed by atoms with E-state index in [0.717, 1.165) is 22.5 Å². The van der Waals surface area contributed by atoms with E-state index in [1.807, 2.05) is 86.5 Å². The van der Waals surface area contributed by atoms with Gasteiger partial charge in [0.2, 0.25) is 0 Å². The molecule has 0 amide bonds. The van der Waals surface area contributed by atoms with Crippen LogP contribution in [0.25, 0.3) is 10.9 Å². The highest BCUT2D eigenvalue weighted by Crippen LogP contribution is 2.42. The maximum absolute atomic E-state index is 12.7. The van der Waals surface area contributed by atoms with E-state index < -0.39 is 5.97 Å². The first-order chi connectivity index (χ1) is 19.2. The minimum absolute atomic E-state index is 0.365. The Morgan fingerprint density at radius 1 is 0.700 bits per heavy atom. The fraction of sp³-hybridized carbons (Fsp3) is 0.242. The summed E-state index contributed by atoms with van der Waals surface area (Å²) in [6.07, 6.45) is 0. The molecular weight excluding hydrogens is 502 g/mol. The number of nitrogens with zero attached hydrogens (tertiary/aromatic N) is 3. The van der Waals surface area contributed by atoms with E-state index >= 15 is 0 Å². The molecule has 0 aliphatic rings. The quantitative estimate of drug-likeness (QED) is 0.267. The number of anilines is 2. The SMILES string of the molecule is COC(=O)c1cc2c(C#Cc3ccc(N(C)C)cc3)c(OC)c(OC)c(C#Cc3ccc(N(C)C)cc3)c2n1C. The third-order valence-electron chi connectivity index (χ3n) is 6.63. The minimum atomic E-state index is -0.465. The van der Waals surface area contributed by atoms with Crippen LogP contribution >= 0.6 is 0 Å². The maximum Gasteiger partial charge on any atom is 0.354 e. The van der Waals surface area contributed by atoms with Gasteiger partial charge in [0.25, 0.3) is 0 Å². The smallest absolute Gasteiger partial charge is 0.354 e. The topological polar surface area (TPSA) is 56.2 Å². The molecule has 40 heavy (non-hydrogen) atoms. The Balaban J connectivity index is 1.97. The van der Waals surface area contributed by atoms with Crippen molar-refractivity contribution in [2.75, 3.05) is 59.3 Å². The molecule has 1 aromatic heterocycles. The Hall–Kier alpha value is -5.01. The van der Waals surface area contributed by atoms with Crippen molar-refractivity contribution in [3.63, 3.8) is 0 Å². The number of fused-ring (bicyclic) bond motifs is 1. The van der Waals surface area contributed by atoms with Crippen molar-refractivity contribution in [1.82, 2.24) is 4.57 Å². The number of ether oxygens (including phenoxy) is 3. The summed E-state index contributed by atoms with van der Waals surface area (Å²) in [5, 5.41) is 0.713. The molecule has 4 rings (SSSR count). The van der Waals surface area contributed by atoms with Gasteiger partial charge in [0.05, 0.1) is 38.0 Å². The fourth-order valence-electron chi connectivity index (χ4n) is 4.44. The molecule has 3 aromatic carbocycles. The summed E-state index contributed by atoms with van der Waals surface area (Å²) in [7, 11) is 14.3. The Labute approximate surface area is 235 Å². The van der Waals surface area contributed by atoms with E-state index in [0.29, 0.717) is 39.2 Å². The molecular formula is C33H33N3O4. The van der Waals surface area contributed by atoms with Gasteiger partial charge in [0, 0.05) is 63.1 Å². The molecule has 7 nitrogen and oxygen atoms in total. The Morgan fingerprint density at radius 3 is 1.57 bits per heavy atom. The van der Waals surface area contributed by atoms with Crippen LogP contribution in [-0.4, -0.2) is 60.1 Å². The molecule has 4 aromatic rings. The first-order valence-electron chi connectivity index (χ1n) is 12.6. The van der Waals surface area contributed by atoms with Crippen LogP contribution in [0.2, 0.25) is 0 Å². The van der Waals surface area contributed by atoms with Crippen LogP contribution in [0.3, 0.4) is 0 Å². The van der Waals surface area contributed by atoms with E-state index in [2.05, 4.69) is 23.7 Å². The van der Waals surface area contributed by atoms with E-state index in [-0.39, 0.29) is 0 Å². The van der Waals surface area contributed by atoms with Crippen LogP contribution in [0.5, 0.6) is 11.5 Å². The van der Waals surface area contributed by atoms with Crippen molar-refractivity contribution in [2.45, 2.75) is 0 Å². The van der Waals surface area contributed by atoms with Gasteiger partial charge in [-0.1, -0.05) is 23.7 Å². The van der Waals surface area contributed by atoms with Crippen LogP contribution in [0.4, 0.5) is 11.4 Å². The lowest BCUT2D eigenvalue weighted by Gasteiger charge is -2.15. The van der Waals surface area contributed by atoms with Crippen LogP contribution < -0.4 is 19.3 Å². The molecule has 0 aliphatic heterocycles. The zero-order chi connectivity index (χ0) is 29.0. The van der Waals surface area contributed by atoms with E-state index in [1.54, 1.807) is 31.9 Å². The zero-order valence-corrected chi connectivity index (χ0v) is 24.2. The van der Waals surface area contributed by atoms with Gasteiger partial charge in [-0.2, -0.15) is 0 Å². The molecule has 0 aliphatic carbocycles. The number of hydrogen-bond acceptors (Lipinski definition) is 6. The average Bonchev–Trinajstić information content (AvgIpc) is 3.31. The first-order valence-corrected chi connectivity index (χ1v) is 12.6. The first kappa shape index (κ1) is 28.0. The number of methoxy groups -OCH3 is 3. The molecule has 7 heteroatoms. The molecule has 0 N–H and O–H groups in total. The van der Waals surface area contributed by atoms with Crippen molar-refractivity contribution < 1.29 is 19.0 Å². The highest BCUT2D eigenvalue weighted by Gasteiger charge is 2.25. The molecule has 204 valence electrons. The lowest BCUT2D eigenvalue weighted by atomic mass is 10.0. The van der Waals surface area contributed by atoms with Crippen LogP contribution in [0, 0.1) is 23.7 Å². The molecule has 0 unspecified atom stereocenters. The molecule has 0 spiro atoms. The van der Waals surface area contributed by atoms with Crippen molar-refractivity contribution in [3.05, 3.63) is 82.5 Å². The predicted octanol–water partition coefficient (Wildman–Crippen LogP) is 4.91. The molecule has 0 radical (unpaired) electrons. The van der Waals surface area contributed by atoms with Gasteiger partial charge in [0.1, 0.15) is 5.69 Å². The van der Waals surface area contributed by atoms with Gasteiger partial charge >= 0.3 is 5.97 Å². The summed E-state index contributed by atoms with van der Waals surface area (Å²) in [5.74, 6) is 13.5. The Morgan fingerprint density at radius 2 is 1.15 bits per heavy atom. The summed E-state index contributed by atoms with van der Waals surface area (Å²) in [4.78, 5) is 16.7. The monoisotopic (exact) mass is 535 g/mol. The molecule has 0 atom stereocenters. The Bertz CT molecular complexity index is 1670. The predicted molar refractivity (Wildman–Crippen MR) is 161 cm³/mol. The third kappa shape index (κ3) is 5.41. The fourth-order valence-corrected chi connectivity index (χ4v) is 4.44. The number of hydrogen-bond donors (Lipinski definition) is 0. The van der Waals surface area contributed by atoms with Gasteiger partial charge in [-0.05, 0) is 54.6 Å². The van der Waals surface area contributed by atoms with Crippen molar-refractivity contribution in [2.24, 2.45) is 7.05 Å².